The second-order valence-electron chi connectivity index (χ2n) is 5.60. The Hall–Kier alpha value is -2.82. The first-order valence-electron chi connectivity index (χ1n) is 8.16. The number of nitrogens with one attached hydrogen (secondary N) is 1. The van der Waals surface area contributed by atoms with Gasteiger partial charge in [-0.2, -0.15) is 0 Å². The number of rotatable bonds is 6. The second kappa shape index (κ2) is 7.17. The zero-order chi connectivity index (χ0) is 16.9. The van der Waals surface area contributed by atoms with Gasteiger partial charge in [0.05, 0.1) is 6.42 Å². The van der Waals surface area contributed by atoms with Crippen LogP contribution in [0, 0.1) is 0 Å². The summed E-state index contributed by atoms with van der Waals surface area (Å²) in [5, 5.41) is 2.93. The van der Waals surface area contributed by atoms with Gasteiger partial charge >= 0.3 is 0 Å². The van der Waals surface area contributed by atoms with Crippen LogP contribution in [0.1, 0.15) is 19.4 Å². The molecule has 24 heavy (non-hydrogen) atoms. The molecular formula is C19H21N3O2. The van der Waals surface area contributed by atoms with Gasteiger partial charge in [0, 0.05) is 24.5 Å². The highest BCUT2D eigenvalue weighted by Crippen LogP contribution is 2.19. The topological polar surface area (TPSA) is 58.4 Å². The van der Waals surface area contributed by atoms with Gasteiger partial charge in [-0.15, -0.1) is 0 Å². The maximum absolute atomic E-state index is 12.2. The third kappa shape index (κ3) is 3.56. The van der Waals surface area contributed by atoms with Gasteiger partial charge in [0.25, 0.3) is 0 Å². The highest BCUT2D eigenvalue weighted by atomic mass is 16.3. The highest BCUT2D eigenvalue weighted by Gasteiger charge is 2.07. The van der Waals surface area contributed by atoms with E-state index in [1.165, 1.54) is 6.39 Å². The van der Waals surface area contributed by atoms with E-state index in [-0.39, 0.29) is 5.91 Å². The summed E-state index contributed by atoms with van der Waals surface area (Å²) in [7, 11) is 0. The quantitative estimate of drug-likeness (QED) is 0.748. The van der Waals surface area contributed by atoms with Crippen LogP contribution in [0.2, 0.25) is 0 Å². The molecule has 3 rings (SSSR count). The van der Waals surface area contributed by atoms with Gasteiger partial charge in [-0.05, 0) is 55.8 Å². The average molecular weight is 323 g/mol. The molecule has 0 spiro atoms. The van der Waals surface area contributed by atoms with Crippen molar-refractivity contribution in [2.45, 2.75) is 20.3 Å². The molecule has 124 valence electrons. The molecule has 5 nitrogen and oxygen atoms in total. The van der Waals surface area contributed by atoms with E-state index >= 15 is 0 Å². The van der Waals surface area contributed by atoms with E-state index < -0.39 is 0 Å². The van der Waals surface area contributed by atoms with E-state index in [1.807, 2.05) is 42.5 Å². The summed E-state index contributed by atoms with van der Waals surface area (Å²) >= 11 is 0. The van der Waals surface area contributed by atoms with Gasteiger partial charge in [-0.3, -0.25) is 4.79 Å². The Labute approximate surface area is 141 Å². The van der Waals surface area contributed by atoms with Crippen LogP contribution in [0.25, 0.3) is 11.1 Å². The van der Waals surface area contributed by atoms with Gasteiger partial charge in [0.2, 0.25) is 5.91 Å². The lowest BCUT2D eigenvalue weighted by molar-refractivity contribution is -0.115. The molecule has 0 unspecified atom stereocenters. The molecule has 0 aliphatic carbocycles. The van der Waals surface area contributed by atoms with Crippen molar-refractivity contribution in [2.24, 2.45) is 0 Å². The lowest BCUT2D eigenvalue weighted by atomic mass is 10.1. The first-order valence-corrected chi connectivity index (χ1v) is 8.16. The predicted octanol–water partition coefficient (Wildman–Crippen LogP) is 3.86. The lowest BCUT2D eigenvalue weighted by Crippen LogP contribution is -2.21. The number of nitrogens with zero attached hydrogens (tertiary/aromatic N) is 2. The smallest absolute Gasteiger partial charge is 0.228 e. The molecular weight excluding hydrogens is 302 g/mol. The van der Waals surface area contributed by atoms with Gasteiger partial charge in [0.15, 0.2) is 12.0 Å². The van der Waals surface area contributed by atoms with Crippen molar-refractivity contribution in [2.75, 3.05) is 23.3 Å². The van der Waals surface area contributed by atoms with Crippen LogP contribution >= 0.6 is 0 Å². The van der Waals surface area contributed by atoms with E-state index in [0.717, 1.165) is 35.5 Å². The zero-order valence-electron chi connectivity index (χ0n) is 14.0. The SMILES string of the molecule is CCN(CC)c1ccc(NC(=O)Cc2ccc3ncoc3c2)cc1. The minimum absolute atomic E-state index is 0.0514. The molecule has 0 bridgehead atoms. The van der Waals surface area contributed by atoms with E-state index in [0.29, 0.717) is 12.0 Å². The Morgan fingerprint density at radius 2 is 1.88 bits per heavy atom. The first kappa shape index (κ1) is 16.1. The predicted molar refractivity (Wildman–Crippen MR) is 96.3 cm³/mol. The standard InChI is InChI=1S/C19H21N3O2/c1-3-22(4-2)16-8-6-15(7-9-16)21-19(23)12-14-5-10-17-18(11-14)24-13-20-17/h5-11,13H,3-4,12H2,1-2H3,(H,21,23). The number of carbonyl (C=O) groups excluding carboxylic acids is 1. The summed E-state index contributed by atoms with van der Waals surface area (Å²) < 4.78 is 5.27. The fourth-order valence-electron chi connectivity index (χ4n) is 2.74. The average Bonchev–Trinajstić information content (AvgIpc) is 3.05. The monoisotopic (exact) mass is 323 g/mol. The third-order valence-corrected chi connectivity index (χ3v) is 4.04. The molecule has 0 fully saturated rings. The van der Waals surface area contributed by atoms with E-state index in [9.17, 15) is 4.79 Å². The number of fused-ring (bicyclic) bond motifs is 1. The number of anilines is 2. The van der Waals surface area contributed by atoms with E-state index in [4.69, 9.17) is 4.42 Å². The molecule has 1 aromatic heterocycles. The molecule has 3 aromatic rings. The molecule has 0 saturated carbocycles. The third-order valence-electron chi connectivity index (χ3n) is 4.04. The number of oxazole rings is 1. The summed E-state index contributed by atoms with van der Waals surface area (Å²) in [5.41, 5.74) is 4.36. The lowest BCUT2D eigenvalue weighted by Gasteiger charge is -2.21. The van der Waals surface area contributed by atoms with Crippen LogP contribution in [0.5, 0.6) is 0 Å². The summed E-state index contributed by atoms with van der Waals surface area (Å²) in [6.07, 6.45) is 1.71. The normalized spacial score (nSPS) is 10.8. The van der Waals surface area contributed by atoms with Gasteiger partial charge < -0.3 is 14.6 Å². The molecule has 5 heteroatoms. The van der Waals surface area contributed by atoms with Gasteiger partial charge in [-0.25, -0.2) is 4.98 Å². The molecule has 0 radical (unpaired) electrons. The first-order chi connectivity index (χ1) is 11.7. The Balaban J connectivity index is 1.63. The second-order valence-corrected chi connectivity index (χ2v) is 5.60. The Morgan fingerprint density at radius 1 is 1.12 bits per heavy atom. The Kier molecular flexibility index (Phi) is 4.79. The van der Waals surface area contributed by atoms with E-state index in [1.54, 1.807) is 0 Å². The molecule has 0 aliphatic heterocycles. The van der Waals surface area contributed by atoms with Crippen molar-refractivity contribution < 1.29 is 9.21 Å². The van der Waals surface area contributed by atoms with Crippen molar-refractivity contribution in [3.05, 3.63) is 54.4 Å². The molecule has 1 heterocycles. The minimum Gasteiger partial charge on any atom is -0.443 e. The number of benzene rings is 2. The van der Waals surface area contributed by atoms with Crippen LogP contribution in [0.15, 0.2) is 53.3 Å². The Morgan fingerprint density at radius 3 is 2.58 bits per heavy atom. The number of carbonyl (C=O) groups is 1. The fourth-order valence-corrected chi connectivity index (χ4v) is 2.74. The van der Waals surface area contributed by atoms with Crippen molar-refractivity contribution in [1.82, 2.24) is 4.98 Å². The van der Waals surface area contributed by atoms with Crippen molar-refractivity contribution >= 4 is 28.4 Å². The maximum atomic E-state index is 12.2. The van der Waals surface area contributed by atoms with Crippen molar-refractivity contribution in [3.8, 4) is 0 Å². The largest absolute Gasteiger partial charge is 0.443 e. The molecule has 1 N–H and O–H groups in total. The van der Waals surface area contributed by atoms with Crippen LogP contribution in [-0.4, -0.2) is 24.0 Å². The maximum Gasteiger partial charge on any atom is 0.228 e. The summed E-state index contributed by atoms with van der Waals surface area (Å²) in [4.78, 5) is 18.6. The zero-order valence-corrected chi connectivity index (χ0v) is 14.0. The van der Waals surface area contributed by atoms with E-state index in [2.05, 4.69) is 29.0 Å². The minimum atomic E-state index is -0.0514. The van der Waals surface area contributed by atoms with Gasteiger partial charge in [0.1, 0.15) is 5.52 Å². The number of hydrogen-bond donors (Lipinski definition) is 1. The van der Waals surface area contributed by atoms with Crippen molar-refractivity contribution in [3.63, 3.8) is 0 Å². The molecule has 0 saturated heterocycles. The number of hydrogen-bond acceptors (Lipinski definition) is 4. The number of amides is 1. The van der Waals surface area contributed by atoms with Crippen LogP contribution in [-0.2, 0) is 11.2 Å². The van der Waals surface area contributed by atoms with Crippen LogP contribution in [0.4, 0.5) is 11.4 Å². The summed E-state index contributed by atoms with van der Waals surface area (Å²) in [5.74, 6) is -0.0514. The van der Waals surface area contributed by atoms with Gasteiger partial charge in [-0.1, -0.05) is 6.07 Å². The number of aromatic nitrogens is 1. The molecule has 2 aromatic carbocycles. The fraction of sp³-hybridized carbons (Fsp3) is 0.263. The van der Waals surface area contributed by atoms with Crippen molar-refractivity contribution in [1.29, 1.82) is 0 Å². The molecule has 0 atom stereocenters. The molecule has 0 aliphatic rings. The highest BCUT2D eigenvalue weighted by molar-refractivity contribution is 5.92. The summed E-state index contributed by atoms with van der Waals surface area (Å²) in [6, 6.07) is 13.5. The summed E-state index contributed by atoms with van der Waals surface area (Å²) in [6.45, 7) is 6.19. The molecule has 1 amide bonds. The van der Waals surface area contributed by atoms with Crippen LogP contribution < -0.4 is 10.2 Å². The Bertz CT molecular complexity index is 820. The van der Waals surface area contributed by atoms with Crippen LogP contribution in [0.3, 0.4) is 0 Å².